The van der Waals surface area contributed by atoms with Crippen LogP contribution >= 0.6 is 0 Å². The van der Waals surface area contributed by atoms with Crippen molar-refractivity contribution in [1.82, 2.24) is 0 Å². The van der Waals surface area contributed by atoms with E-state index in [1.54, 1.807) is 13.8 Å². The molecule has 0 aromatic heterocycles. The summed E-state index contributed by atoms with van der Waals surface area (Å²) in [5, 5.41) is 9.11. The van der Waals surface area contributed by atoms with E-state index in [2.05, 4.69) is 0 Å². The highest BCUT2D eigenvalue weighted by Gasteiger charge is 2.32. The van der Waals surface area contributed by atoms with Crippen LogP contribution in [0.5, 0.6) is 0 Å². The third-order valence-corrected chi connectivity index (χ3v) is 1.52. The molecule has 1 aliphatic rings. The zero-order chi connectivity index (χ0) is 7.78. The summed E-state index contributed by atoms with van der Waals surface area (Å²) in [4.78, 5) is 10.7. The summed E-state index contributed by atoms with van der Waals surface area (Å²) in [6.07, 6.45) is 0.165. The normalized spacial score (nSPS) is 31.5. The van der Waals surface area contributed by atoms with Gasteiger partial charge in [0.25, 0.3) is 0 Å². The maximum atomic E-state index is 10.7. The van der Waals surface area contributed by atoms with Gasteiger partial charge in [0.1, 0.15) is 5.60 Å². The van der Waals surface area contributed by atoms with Crippen LogP contribution < -0.4 is 0 Å². The van der Waals surface area contributed by atoms with Crippen molar-refractivity contribution < 1.29 is 14.6 Å². The van der Waals surface area contributed by atoms with E-state index in [1.807, 2.05) is 0 Å². The molecule has 1 aliphatic heterocycles. The van der Waals surface area contributed by atoms with Crippen LogP contribution in [0.1, 0.15) is 26.7 Å². The molecule has 0 aromatic carbocycles. The molecule has 0 radical (unpaired) electrons. The van der Waals surface area contributed by atoms with Crippen molar-refractivity contribution in [3.63, 3.8) is 0 Å². The van der Waals surface area contributed by atoms with Crippen LogP contribution in [-0.2, 0) is 9.53 Å². The lowest BCUT2D eigenvalue weighted by atomic mass is 9.96. The summed E-state index contributed by atoms with van der Waals surface area (Å²) >= 11 is 0. The highest BCUT2D eigenvalue weighted by Crippen LogP contribution is 2.24. The molecule has 0 aliphatic carbocycles. The van der Waals surface area contributed by atoms with Crippen LogP contribution in [0.2, 0.25) is 0 Å². The molecular weight excluding hydrogens is 132 g/mol. The fourth-order valence-corrected chi connectivity index (χ4v) is 1.22. The van der Waals surface area contributed by atoms with E-state index in [9.17, 15) is 4.79 Å². The summed E-state index contributed by atoms with van der Waals surface area (Å²) in [6.45, 7) is 3.60. The van der Waals surface area contributed by atoms with Gasteiger partial charge in [-0.1, -0.05) is 0 Å². The molecule has 58 valence electrons. The lowest BCUT2D eigenvalue weighted by molar-refractivity contribution is -0.170. The van der Waals surface area contributed by atoms with Crippen LogP contribution in [0.25, 0.3) is 0 Å². The number of cyclic esters (lactones) is 1. The van der Waals surface area contributed by atoms with Crippen molar-refractivity contribution in [3.8, 4) is 0 Å². The number of carbonyl (C=O) groups is 1. The van der Waals surface area contributed by atoms with E-state index in [1.165, 1.54) is 0 Å². The van der Waals surface area contributed by atoms with Crippen molar-refractivity contribution in [2.45, 2.75) is 38.4 Å². The lowest BCUT2D eigenvalue weighted by Crippen LogP contribution is -2.39. The molecule has 1 atom stereocenters. The number of hydrogen-bond donors (Lipinski definition) is 1. The SMILES string of the molecule is CC1(C)CC(O)CC(=O)O1. The van der Waals surface area contributed by atoms with Crippen molar-refractivity contribution in [1.29, 1.82) is 0 Å². The zero-order valence-corrected chi connectivity index (χ0v) is 6.26. The first-order valence-corrected chi connectivity index (χ1v) is 3.39. The monoisotopic (exact) mass is 144 g/mol. The van der Waals surface area contributed by atoms with Crippen LogP contribution in [0.15, 0.2) is 0 Å². The average molecular weight is 144 g/mol. The van der Waals surface area contributed by atoms with Crippen molar-refractivity contribution >= 4 is 5.97 Å². The van der Waals surface area contributed by atoms with E-state index in [-0.39, 0.29) is 12.4 Å². The van der Waals surface area contributed by atoms with Crippen molar-refractivity contribution in [2.24, 2.45) is 0 Å². The standard InChI is InChI=1S/C7H12O3/c1-7(2)4-5(8)3-6(9)10-7/h5,8H,3-4H2,1-2H3. The van der Waals surface area contributed by atoms with Gasteiger partial charge in [-0.15, -0.1) is 0 Å². The molecule has 0 saturated carbocycles. The fraction of sp³-hybridized carbons (Fsp3) is 0.857. The number of hydrogen-bond acceptors (Lipinski definition) is 3. The molecule has 1 rings (SSSR count). The Hall–Kier alpha value is -0.570. The van der Waals surface area contributed by atoms with Crippen LogP contribution in [-0.4, -0.2) is 22.8 Å². The zero-order valence-electron chi connectivity index (χ0n) is 6.26. The highest BCUT2D eigenvalue weighted by atomic mass is 16.6. The molecule has 0 aromatic rings. The molecule has 0 amide bonds. The second-order valence-electron chi connectivity index (χ2n) is 3.30. The fourth-order valence-electron chi connectivity index (χ4n) is 1.22. The van der Waals surface area contributed by atoms with Crippen LogP contribution in [0, 0.1) is 0 Å². The number of ether oxygens (including phenoxy) is 1. The van der Waals surface area contributed by atoms with Gasteiger partial charge in [-0.25, -0.2) is 0 Å². The first-order valence-electron chi connectivity index (χ1n) is 3.39. The predicted molar refractivity (Wildman–Crippen MR) is 35.4 cm³/mol. The van der Waals surface area contributed by atoms with Gasteiger partial charge in [0, 0.05) is 6.42 Å². The minimum atomic E-state index is -0.517. The Morgan fingerprint density at radius 2 is 2.30 bits per heavy atom. The number of esters is 1. The van der Waals surface area contributed by atoms with Crippen molar-refractivity contribution in [3.05, 3.63) is 0 Å². The van der Waals surface area contributed by atoms with E-state index in [4.69, 9.17) is 9.84 Å². The van der Waals surface area contributed by atoms with Gasteiger partial charge in [0.15, 0.2) is 0 Å². The quantitative estimate of drug-likeness (QED) is 0.502. The van der Waals surface area contributed by atoms with Gasteiger partial charge in [0.05, 0.1) is 12.5 Å². The summed E-state index contributed by atoms with van der Waals surface area (Å²) in [6, 6.07) is 0. The first-order chi connectivity index (χ1) is 4.49. The maximum absolute atomic E-state index is 10.7. The summed E-state index contributed by atoms with van der Waals surface area (Å²) < 4.78 is 4.95. The summed E-state index contributed by atoms with van der Waals surface area (Å²) in [7, 11) is 0. The molecule has 1 heterocycles. The molecule has 1 fully saturated rings. The Kier molecular flexibility index (Phi) is 1.68. The smallest absolute Gasteiger partial charge is 0.308 e. The van der Waals surface area contributed by atoms with Gasteiger partial charge in [0.2, 0.25) is 0 Å². The number of aliphatic hydroxyl groups excluding tert-OH is 1. The van der Waals surface area contributed by atoms with Crippen molar-refractivity contribution in [2.75, 3.05) is 0 Å². The number of aliphatic hydroxyl groups is 1. The molecule has 1 saturated heterocycles. The highest BCUT2D eigenvalue weighted by molar-refractivity contribution is 5.71. The molecule has 0 spiro atoms. The molecule has 3 heteroatoms. The Morgan fingerprint density at radius 3 is 2.70 bits per heavy atom. The van der Waals surface area contributed by atoms with Gasteiger partial charge < -0.3 is 9.84 Å². The average Bonchev–Trinajstić information content (AvgIpc) is 1.54. The third kappa shape index (κ3) is 1.70. The molecular formula is C7H12O3. The Balaban J connectivity index is 2.59. The Bertz CT molecular complexity index is 151. The minimum absolute atomic E-state index is 0.142. The summed E-state index contributed by atoms with van der Waals surface area (Å²) in [5.74, 6) is -0.302. The lowest BCUT2D eigenvalue weighted by Gasteiger charge is -2.32. The van der Waals surface area contributed by atoms with Gasteiger partial charge >= 0.3 is 5.97 Å². The van der Waals surface area contributed by atoms with E-state index >= 15 is 0 Å². The van der Waals surface area contributed by atoms with Gasteiger partial charge in [-0.2, -0.15) is 0 Å². The second kappa shape index (κ2) is 2.23. The molecule has 10 heavy (non-hydrogen) atoms. The first kappa shape index (κ1) is 7.54. The molecule has 0 bridgehead atoms. The maximum Gasteiger partial charge on any atom is 0.308 e. The third-order valence-electron chi connectivity index (χ3n) is 1.52. The predicted octanol–water partition coefficient (Wildman–Crippen LogP) is 0.463. The van der Waals surface area contributed by atoms with E-state index < -0.39 is 11.7 Å². The minimum Gasteiger partial charge on any atom is -0.459 e. The largest absolute Gasteiger partial charge is 0.459 e. The van der Waals surface area contributed by atoms with Crippen LogP contribution in [0.4, 0.5) is 0 Å². The van der Waals surface area contributed by atoms with Crippen LogP contribution in [0.3, 0.4) is 0 Å². The van der Waals surface area contributed by atoms with Gasteiger partial charge in [-0.3, -0.25) is 4.79 Å². The molecule has 1 N–H and O–H groups in total. The topological polar surface area (TPSA) is 46.5 Å². The van der Waals surface area contributed by atoms with Gasteiger partial charge in [-0.05, 0) is 13.8 Å². The van der Waals surface area contributed by atoms with E-state index in [0.717, 1.165) is 0 Å². The number of carbonyl (C=O) groups excluding carboxylic acids is 1. The Morgan fingerprint density at radius 1 is 1.70 bits per heavy atom. The Labute approximate surface area is 60.0 Å². The second-order valence-corrected chi connectivity index (χ2v) is 3.30. The number of rotatable bonds is 0. The summed E-state index contributed by atoms with van der Waals surface area (Å²) in [5.41, 5.74) is -0.477. The molecule has 1 unspecified atom stereocenters. The van der Waals surface area contributed by atoms with E-state index in [0.29, 0.717) is 6.42 Å². The molecule has 3 nitrogen and oxygen atoms in total.